The van der Waals surface area contributed by atoms with Crippen molar-refractivity contribution in [2.45, 2.75) is 6.92 Å². The van der Waals surface area contributed by atoms with E-state index in [-0.39, 0.29) is 0 Å². The van der Waals surface area contributed by atoms with Crippen molar-refractivity contribution in [1.82, 2.24) is 14.8 Å². The van der Waals surface area contributed by atoms with Crippen LogP contribution in [0.5, 0.6) is 0 Å². The summed E-state index contributed by atoms with van der Waals surface area (Å²) in [5.41, 5.74) is 4.54. The van der Waals surface area contributed by atoms with Crippen LogP contribution in [0.25, 0.3) is 22.0 Å². The highest BCUT2D eigenvalue weighted by Gasteiger charge is 2.09. The van der Waals surface area contributed by atoms with E-state index in [9.17, 15) is 4.79 Å². The van der Waals surface area contributed by atoms with E-state index in [1.807, 2.05) is 38.5 Å². The molecule has 94 valence electrons. The number of aryl methyl sites for hydroxylation is 2. The highest BCUT2D eigenvalue weighted by molar-refractivity contribution is 5.90. The van der Waals surface area contributed by atoms with Gasteiger partial charge in [0.15, 0.2) is 6.29 Å². The summed E-state index contributed by atoms with van der Waals surface area (Å²) in [6.45, 7) is 2.02. The molecule has 0 amide bonds. The van der Waals surface area contributed by atoms with Gasteiger partial charge in [-0.1, -0.05) is 18.2 Å². The molecule has 2 aromatic heterocycles. The second kappa shape index (κ2) is 4.31. The Hall–Kier alpha value is -2.49. The highest BCUT2D eigenvalue weighted by atomic mass is 16.1. The van der Waals surface area contributed by atoms with Gasteiger partial charge in [-0.25, -0.2) is 4.98 Å². The Morgan fingerprint density at radius 3 is 2.68 bits per heavy atom. The standard InChI is InChI=1S/C15H13N3O/c1-10-14(12-7-16-18(2)8-12)6-4-11-3-5-13(9-19)17-15(10)11/h3-9H,1-2H3. The molecule has 0 N–H and O–H groups in total. The van der Waals surface area contributed by atoms with Crippen molar-refractivity contribution in [2.75, 3.05) is 0 Å². The minimum atomic E-state index is 0.457. The SMILES string of the molecule is Cc1c(-c2cnn(C)c2)ccc2ccc(C=O)nc12. The summed E-state index contributed by atoms with van der Waals surface area (Å²) in [4.78, 5) is 15.2. The Labute approximate surface area is 110 Å². The third-order valence-corrected chi connectivity index (χ3v) is 3.27. The van der Waals surface area contributed by atoms with Crippen molar-refractivity contribution in [3.63, 3.8) is 0 Å². The molecule has 19 heavy (non-hydrogen) atoms. The average molecular weight is 251 g/mol. The number of pyridine rings is 1. The molecule has 0 bridgehead atoms. The van der Waals surface area contributed by atoms with Crippen LogP contribution < -0.4 is 0 Å². The van der Waals surface area contributed by atoms with Gasteiger partial charge in [-0.05, 0) is 24.1 Å². The largest absolute Gasteiger partial charge is 0.296 e. The molecular formula is C15H13N3O. The molecule has 0 aliphatic rings. The van der Waals surface area contributed by atoms with E-state index in [0.717, 1.165) is 33.9 Å². The van der Waals surface area contributed by atoms with E-state index in [4.69, 9.17) is 0 Å². The van der Waals surface area contributed by atoms with Crippen LogP contribution in [0.1, 0.15) is 16.1 Å². The zero-order valence-electron chi connectivity index (χ0n) is 10.8. The van der Waals surface area contributed by atoms with Gasteiger partial charge in [0.1, 0.15) is 5.69 Å². The van der Waals surface area contributed by atoms with Gasteiger partial charge in [-0.2, -0.15) is 5.10 Å². The van der Waals surface area contributed by atoms with Gasteiger partial charge in [0.05, 0.1) is 11.7 Å². The molecule has 0 aliphatic heterocycles. The molecular weight excluding hydrogens is 238 g/mol. The summed E-state index contributed by atoms with van der Waals surface area (Å²) in [5.74, 6) is 0. The van der Waals surface area contributed by atoms with E-state index < -0.39 is 0 Å². The first-order valence-corrected chi connectivity index (χ1v) is 6.03. The fourth-order valence-electron chi connectivity index (χ4n) is 2.28. The molecule has 3 aromatic rings. The molecule has 0 atom stereocenters. The van der Waals surface area contributed by atoms with Gasteiger partial charge in [0.25, 0.3) is 0 Å². The van der Waals surface area contributed by atoms with Crippen molar-refractivity contribution >= 4 is 17.2 Å². The number of carbonyl (C=O) groups is 1. The van der Waals surface area contributed by atoms with Crippen molar-refractivity contribution in [3.05, 3.63) is 47.9 Å². The number of nitrogens with zero attached hydrogens (tertiary/aromatic N) is 3. The lowest BCUT2D eigenvalue weighted by Crippen LogP contribution is -1.92. The molecule has 3 rings (SSSR count). The first-order chi connectivity index (χ1) is 9.19. The fraction of sp³-hybridized carbons (Fsp3) is 0.133. The van der Waals surface area contributed by atoms with Gasteiger partial charge in [-0.15, -0.1) is 0 Å². The molecule has 4 heteroatoms. The molecule has 2 heterocycles. The summed E-state index contributed by atoms with van der Waals surface area (Å²) in [6, 6.07) is 7.74. The van der Waals surface area contributed by atoms with E-state index in [1.54, 1.807) is 10.7 Å². The van der Waals surface area contributed by atoms with Gasteiger partial charge in [0, 0.05) is 24.2 Å². The van der Waals surface area contributed by atoms with Crippen LogP contribution in [-0.2, 0) is 7.05 Å². The topological polar surface area (TPSA) is 47.8 Å². The summed E-state index contributed by atoms with van der Waals surface area (Å²) >= 11 is 0. The summed E-state index contributed by atoms with van der Waals surface area (Å²) in [6.07, 6.45) is 4.57. The van der Waals surface area contributed by atoms with Gasteiger partial charge in [0.2, 0.25) is 0 Å². The molecule has 0 saturated heterocycles. The number of hydrogen-bond acceptors (Lipinski definition) is 3. The molecule has 4 nitrogen and oxygen atoms in total. The second-order valence-corrected chi connectivity index (χ2v) is 4.57. The Morgan fingerprint density at radius 1 is 1.21 bits per heavy atom. The van der Waals surface area contributed by atoms with Crippen LogP contribution in [0, 0.1) is 6.92 Å². The third-order valence-electron chi connectivity index (χ3n) is 3.27. The first kappa shape index (κ1) is 11.6. The molecule has 0 fully saturated rings. The maximum absolute atomic E-state index is 10.8. The maximum Gasteiger partial charge on any atom is 0.168 e. The van der Waals surface area contributed by atoms with Gasteiger partial charge >= 0.3 is 0 Å². The molecule has 0 spiro atoms. The van der Waals surface area contributed by atoms with Crippen molar-refractivity contribution < 1.29 is 4.79 Å². The van der Waals surface area contributed by atoms with E-state index in [0.29, 0.717) is 5.69 Å². The summed E-state index contributed by atoms with van der Waals surface area (Å²) in [5, 5.41) is 5.23. The summed E-state index contributed by atoms with van der Waals surface area (Å²) < 4.78 is 1.77. The van der Waals surface area contributed by atoms with Gasteiger partial charge in [-0.3, -0.25) is 9.48 Å². The lowest BCUT2D eigenvalue weighted by molar-refractivity contribution is 0.111. The predicted molar refractivity (Wildman–Crippen MR) is 74.1 cm³/mol. The molecule has 0 saturated carbocycles. The zero-order valence-corrected chi connectivity index (χ0v) is 10.8. The average Bonchev–Trinajstić information content (AvgIpc) is 2.85. The van der Waals surface area contributed by atoms with E-state index in [2.05, 4.69) is 16.1 Å². The van der Waals surface area contributed by atoms with Crippen molar-refractivity contribution in [3.8, 4) is 11.1 Å². The smallest absolute Gasteiger partial charge is 0.168 e. The van der Waals surface area contributed by atoms with Crippen LogP contribution in [0.15, 0.2) is 36.7 Å². The van der Waals surface area contributed by atoms with Crippen LogP contribution in [0.2, 0.25) is 0 Å². The van der Waals surface area contributed by atoms with E-state index >= 15 is 0 Å². The number of carbonyl (C=O) groups excluding carboxylic acids is 1. The molecule has 0 radical (unpaired) electrons. The number of hydrogen-bond donors (Lipinski definition) is 0. The van der Waals surface area contributed by atoms with Crippen LogP contribution in [-0.4, -0.2) is 21.1 Å². The van der Waals surface area contributed by atoms with E-state index in [1.165, 1.54) is 0 Å². The summed E-state index contributed by atoms with van der Waals surface area (Å²) in [7, 11) is 1.89. The number of aldehydes is 1. The lowest BCUT2D eigenvalue weighted by Gasteiger charge is -2.07. The highest BCUT2D eigenvalue weighted by Crippen LogP contribution is 2.28. The Balaban J connectivity index is 2.27. The first-order valence-electron chi connectivity index (χ1n) is 6.03. The fourth-order valence-corrected chi connectivity index (χ4v) is 2.28. The monoisotopic (exact) mass is 251 g/mol. The molecule has 0 unspecified atom stereocenters. The maximum atomic E-state index is 10.8. The number of benzene rings is 1. The number of rotatable bonds is 2. The zero-order chi connectivity index (χ0) is 13.4. The predicted octanol–water partition coefficient (Wildman–Crippen LogP) is 2.76. The van der Waals surface area contributed by atoms with Crippen LogP contribution >= 0.6 is 0 Å². The Morgan fingerprint density at radius 2 is 2.00 bits per heavy atom. The number of fused-ring (bicyclic) bond motifs is 1. The Kier molecular flexibility index (Phi) is 2.63. The van der Waals surface area contributed by atoms with Crippen LogP contribution in [0.4, 0.5) is 0 Å². The minimum Gasteiger partial charge on any atom is -0.296 e. The number of aromatic nitrogens is 3. The third kappa shape index (κ3) is 1.91. The van der Waals surface area contributed by atoms with Crippen molar-refractivity contribution in [2.24, 2.45) is 7.05 Å². The van der Waals surface area contributed by atoms with Crippen molar-refractivity contribution in [1.29, 1.82) is 0 Å². The molecule has 1 aromatic carbocycles. The Bertz CT molecular complexity index is 774. The lowest BCUT2D eigenvalue weighted by atomic mass is 10.00. The normalized spacial score (nSPS) is 10.8. The second-order valence-electron chi connectivity index (χ2n) is 4.57. The van der Waals surface area contributed by atoms with Gasteiger partial charge < -0.3 is 0 Å². The van der Waals surface area contributed by atoms with Crippen LogP contribution in [0.3, 0.4) is 0 Å². The quantitative estimate of drug-likeness (QED) is 0.658. The minimum absolute atomic E-state index is 0.457. The molecule has 0 aliphatic carbocycles.